The second kappa shape index (κ2) is 9.00. The van der Waals surface area contributed by atoms with Crippen LogP contribution in [0.15, 0.2) is 24.3 Å². The Morgan fingerprint density at radius 2 is 1.71 bits per heavy atom. The minimum Gasteiger partial charge on any atom is -0.466 e. The Bertz CT molecular complexity index is 456. The van der Waals surface area contributed by atoms with E-state index in [1.54, 1.807) is 13.8 Å². The second-order valence-electron chi connectivity index (χ2n) is 4.66. The molecule has 5 heteroatoms. The molecule has 21 heavy (non-hydrogen) atoms. The van der Waals surface area contributed by atoms with Gasteiger partial charge < -0.3 is 14.8 Å². The summed E-state index contributed by atoms with van der Waals surface area (Å²) < 4.78 is 9.92. The third-order valence-electron chi connectivity index (χ3n) is 2.91. The minimum atomic E-state index is -0.558. The molecule has 1 aromatic rings. The minimum absolute atomic E-state index is 0.177. The smallest absolute Gasteiger partial charge is 0.328 e. The molecule has 1 aromatic carbocycles. The summed E-state index contributed by atoms with van der Waals surface area (Å²) in [5, 5.41) is 3.11. The Balaban J connectivity index is 2.65. The van der Waals surface area contributed by atoms with E-state index in [9.17, 15) is 9.59 Å². The van der Waals surface area contributed by atoms with Crippen LogP contribution in [0.3, 0.4) is 0 Å². The van der Waals surface area contributed by atoms with Gasteiger partial charge in [0, 0.05) is 12.1 Å². The van der Waals surface area contributed by atoms with Crippen molar-refractivity contribution in [2.24, 2.45) is 0 Å². The van der Waals surface area contributed by atoms with Gasteiger partial charge in [0.2, 0.25) is 0 Å². The summed E-state index contributed by atoms with van der Waals surface area (Å²) in [5.74, 6) is -0.667. The lowest BCUT2D eigenvalue weighted by atomic mass is 10.1. The molecule has 5 nitrogen and oxygen atoms in total. The summed E-state index contributed by atoms with van der Waals surface area (Å²) in [4.78, 5) is 23.4. The van der Waals surface area contributed by atoms with Gasteiger partial charge in [-0.2, -0.15) is 0 Å². The van der Waals surface area contributed by atoms with Crippen LogP contribution in [0, 0.1) is 6.92 Å². The molecule has 1 unspecified atom stereocenters. The van der Waals surface area contributed by atoms with Crippen molar-refractivity contribution in [1.29, 1.82) is 0 Å². The van der Waals surface area contributed by atoms with Crippen molar-refractivity contribution in [1.82, 2.24) is 0 Å². The second-order valence-corrected chi connectivity index (χ2v) is 4.66. The molecule has 0 aliphatic rings. The number of carbonyl (C=O) groups excluding carboxylic acids is 2. The van der Waals surface area contributed by atoms with E-state index < -0.39 is 6.04 Å². The van der Waals surface area contributed by atoms with Crippen molar-refractivity contribution >= 4 is 17.6 Å². The van der Waals surface area contributed by atoms with E-state index in [4.69, 9.17) is 9.47 Å². The van der Waals surface area contributed by atoms with E-state index in [0.29, 0.717) is 19.6 Å². The molecule has 0 aliphatic carbocycles. The first-order valence-corrected chi connectivity index (χ1v) is 7.22. The van der Waals surface area contributed by atoms with Crippen molar-refractivity contribution in [2.45, 2.75) is 39.7 Å². The summed E-state index contributed by atoms with van der Waals surface area (Å²) in [5.41, 5.74) is 1.96. The summed E-state index contributed by atoms with van der Waals surface area (Å²) in [6.07, 6.45) is 0.516. The molecule has 0 spiro atoms. The highest BCUT2D eigenvalue weighted by molar-refractivity contribution is 5.80. The molecular formula is C16H23NO4. The van der Waals surface area contributed by atoms with Gasteiger partial charge >= 0.3 is 11.9 Å². The Hall–Kier alpha value is -2.04. The van der Waals surface area contributed by atoms with Crippen LogP contribution in [0.25, 0.3) is 0 Å². The number of carbonyl (C=O) groups is 2. The Kier molecular flexibility index (Phi) is 7.29. The molecule has 1 atom stereocenters. The average Bonchev–Trinajstić information content (AvgIpc) is 2.46. The quantitative estimate of drug-likeness (QED) is 0.747. The van der Waals surface area contributed by atoms with Crippen LogP contribution in [0.4, 0.5) is 5.69 Å². The molecule has 0 aliphatic heterocycles. The number of hydrogen-bond donors (Lipinski definition) is 1. The zero-order valence-electron chi connectivity index (χ0n) is 12.8. The maximum absolute atomic E-state index is 11.9. The Morgan fingerprint density at radius 1 is 1.10 bits per heavy atom. The van der Waals surface area contributed by atoms with Gasteiger partial charge in [0.15, 0.2) is 0 Å². The molecule has 1 N–H and O–H groups in total. The monoisotopic (exact) mass is 293 g/mol. The van der Waals surface area contributed by atoms with E-state index in [0.717, 1.165) is 11.3 Å². The summed E-state index contributed by atoms with van der Waals surface area (Å²) in [6, 6.07) is 7.14. The normalized spacial score (nSPS) is 11.6. The van der Waals surface area contributed by atoms with Crippen LogP contribution >= 0.6 is 0 Å². The molecule has 0 amide bonds. The van der Waals surface area contributed by atoms with Crippen LogP contribution in [-0.2, 0) is 19.1 Å². The third-order valence-corrected chi connectivity index (χ3v) is 2.91. The fourth-order valence-electron chi connectivity index (χ4n) is 1.84. The number of hydrogen-bond acceptors (Lipinski definition) is 5. The van der Waals surface area contributed by atoms with Gasteiger partial charge in [-0.25, -0.2) is 4.79 Å². The lowest BCUT2D eigenvalue weighted by molar-refractivity contribution is -0.145. The molecule has 0 heterocycles. The van der Waals surface area contributed by atoms with Crippen LogP contribution in [0.5, 0.6) is 0 Å². The van der Waals surface area contributed by atoms with Crippen LogP contribution in [-0.4, -0.2) is 31.2 Å². The van der Waals surface area contributed by atoms with Crippen LogP contribution < -0.4 is 5.32 Å². The maximum Gasteiger partial charge on any atom is 0.328 e. The van der Waals surface area contributed by atoms with Gasteiger partial charge in [-0.3, -0.25) is 4.79 Å². The lowest BCUT2D eigenvalue weighted by Crippen LogP contribution is -2.32. The van der Waals surface area contributed by atoms with Gasteiger partial charge in [-0.15, -0.1) is 0 Å². The molecule has 116 valence electrons. The first kappa shape index (κ1) is 17.0. The number of rotatable bonds is 8. The van der Waals surface area contributed by atoms with Gasteiger partial charge in [0.05, 0.1) is 13.2 Å². The Morgan fingerprint density at radius 3 is 2.29 bits per heavy atom. The number of nitrogens with one attached hydrogen (secondary N) is 1. The maximum atomic E-state index is 11.9. The van der Waals surface area contributed by atoms with E-state index in [1.807, 2.05) is 31.2 Å². The van der Waals surface area contributed by atoms with Gasteiger partial charge in [0.1, 0.15) is 6.04 Å². The predicted octanol–water partition coefficient (Wildman–Crippen LogP) is 2.68. The largest absolute Gasteiger partial charge is 0.466 e. The van der Waals surface area contributed by atoms with Crippen molar-refractivity contribution in [3.8, 4) is 0 Å². The standard InChI is InChI=1S/C16H23NO4/c1-4-20-15(18)11-10-14(16(19)21-5-2)17-13-8-6-12(3)7-9-13/h6-9,14,17H,4-5,10-11H2,1-3H3. The predicted molar refractivity (Wildman–Crippen MR) is 81.1 cm³/mol. The highest BCUT2D eigenvalue weighted by Gasteiger charge is 2.21. The van der Waals surface area contributed by atoms with Crippen LogP contribution in [0.1, 0.15) is 32.3 Å². The number of ether oxygens (including phenoxy) is 2. The molecule has 0 saturated carbocycles. The fraction of sp³-hybridized carbons (Fsp3) is 0.500. The Labute approximate surface area is 125 Å². The molecule has 0 bridgehead atoms. The SMILES string of the molecule is CCOC(=O)CCC(Nc1ccc(C)cc1)C(=O)OCC. The number of aryl methyl sites for hydroxylation is 1. The van der Waals surface area contributed by atoms with E-state index in [-0.39, 0.29) is 18.4 Å². The van der Waals surface area contributed by atoms with E-state index in [1.165, 1.54) is 0 Å². The highest BCUT2D eigenvalue weighted by atomic mass is 16.5. The number of esters is 2. The fourth-order valence-corrected chi connectivity index (χ4v) is 1.84. The van der Waals surface area contributed by atoms with Gasteiger partial charge in [-0.1, -0.05) is 17.7 Å². The number of benzene rings is 1. The molecule has 0 fully saturated rings. The molecule has 0 saturated heterocycles. The summed E-state index contributed by atoms with van der Waals surface area (Å²) in [6.45, 7) is 6.16. The lowest BCUT2D eigenvalue weighted by Gasteiger charge is -2.18. The zero-order valence-corrected chi connectivity index (χ0v) is 12.8. The molecule has 0 aromatic heterocycles. The first-order valence-electron chi connectivity index (χ1n) is 7.22. The molecular weight excluding hydrogens is 270 g/mol. The highest BCUT2D eigenvalue weighted by Crippen LogP contribution is 2.13. The topological polar surface area (TPSA) is 64.6 Å². The number of anilines is 1. The van der Waals surface area contributed by atoms with Gasteiger partial charge in [-0.05, 0) is 39.3 Å². The van der Waals surface area contributed by atoms with Crippen LogP contribution in [0.2, 0.25) is 0 Å². The average molecular weight is 293 g/mol. The summed E-state index contributed by atoms with van der Waals surface area (Å²) in [7, 11) is 0. The van der Waals surface area contributed by atoms with Crippen molar-refractivity contribution in [3.05, 3.63) is 29.8 Å². The zero-order chi connectivity index (χ0) is 15.7. The third kappa shape index (κ3) is 6.29. The van der Waals surface area contributed by atoms with Crippen molar-refractivity contribution < 1.29 is 19.1 Å². The molecule has 0 radical (unpaired) electrons. The van der Waals surface area contributed by atoms with Crippen molar-refractivity contribution in [3.63, 3.8) is 0 Å². The molecule has 1 rings (SSSR count). The van der Waals surface area contributed by atoms with E-state index >= 15 is 0 Å². The van der Waals surface area contributed by atoms with Gasteiger partial charge in [0.25, 0.3) is 0 Å². The van der Waals surface area contributed by atoms with Crippen molar-refractivity contribution in [2.75, 3.05) is 18.5 Å². The summed E-state index contributed by atoms with van der Waals surface area (Å²) >= 11 is 0. The first-order chi connectivity index (χ1) is 10.1. The van der Waals surface area contributed by atoms with E-state index in [2.05, 4.69) is 5.32 Å².